The fraction of sp³-hybridized carbons (Fsp3) is 0.333. The van der Waals surface area contributed by atoms with Crippen LogP contribution in [0.3, 0.4) is 0 Å². The molecule has 0 aliphatic carbocycles. The normalized spacial score (nSPS) is 8.12. The van der Waals surface area contributed by atoms with Gasteiger partial charge in [-0.2, -0.15) is 0 Å². The van der Waals surface area contributed by atoms with Crippen LogP contribution in [0.1, 0.15) is 0 Å². The van der Waals surface area contributed by atoms with E-state index in [1.165, 1.54) is 7.05 Å². The lowest BCUT2D eigenvalue weighted by atomic mass is 10.8. The minimum atomic E-state index is -0.641. The van der Waals surface area contributed by atoms with Gasteiger partial charge >= 0.3 is 6.03 Å². The van der Waals surface area contributed by atoms with E-state index in [2.05, 4.69) is 12.2 Å². The first-order valence-electron chi connectivity index (χ1n) is 1.88. The molecule has 8 heavy (non-hydrogen) atoms. The average Bonchev–Trinajstić information content (AvgIpc) is 1.64. The second-order valence-corrected chi connectivity index (χ2v) is 1.65. The zero-order valence-electron chi connectivity index (χ0n) is 4.42. The van der Waals surface area contributed by atoms with E-state index in [0.29, 0.717) is 0 Å². The molecule has 0 unspecified atom stereocenters. The molecule has 4 N–H and O–H groups in total. The van der Waals surface area contributed by atoms with Crippen molar-refractivity contribution in [3.63, 3.8) is 0 Å². The Balaban J connectivity index is 3.83. The molecule has 0 spiro atoms. The summed E-state index contributed by atoms with van der Waals surface area (Å²) in [5.41, 5.74) is 9.75. The van der Waals surface area contributed by atoms with Crippen molar-refractivity contribution < 1.29 is 4.79 Å². The summed E-state index contributed by atoms with van der Waals surface area (Å²) in [6.45, 7) is 0. The number of thiocarbonyl (C=S) groups is 1. The minimum Gasteiger partial charge on any atom is -0.376 e. The lowest BCUT2D eigenvalue weighted by molar-refractivity contribution is 0.235. The quantitative estimate of drug-likeness (QED) is 0.427. The van der Waals surface area contributed by atoms with E-state index in [1.54, 1.807) is 0 Å². The molecule has 46 valence electrons. The van der Waals surface area contributed by atoms with Gasteiger partial charge in [-0.1, -0.05) is 0 Å². The molecule has 0 aliphatic heterocycles. The third-order valence-electron chi connectivity index (χ3n) is 0.661. The molecule has 0 fully saturated rings. The lowest BCUT2D eigenvalue weighted by Gasteiger charge is -2.09. The molecule has 0 radical (unpaired) electrons. The fourth-order valence-electron chi connectivity index (χ4n) is 0.109. The van der Waals surface area contributed by atoms with Gasteiger partial charge in [0.2, 0.25) is 0 Å². The van der Waals surface area contributed by atoms with Gasteiger partial charge in [-0.05, 0) is 12.2 Å². The Kier molecular flexibility index (Phi) is 2.20. The third kappa shape index (κ3) is 1.74. The van der Waals surface area contributed by atoms with Crippen molar-refractivity contribution >= 4 is 23.4 Å². The molecule has 0 aromatic heterocycles. The van der Waals surface area contributed by atoms with Gasteiger partial charge in [0.25, 0.3) is 0 Å². The Labute approximate surface area is 52.4 Å². The maximum atomic E-state index is 10.1. The fourth-order valence-corrected chi connectivity index (χ4v) is 0.199. The zero-order valence-corrected chi connectivity index (χ0v) is 5.23. The number of primary amides is 1. The third-order valence-corrected chi connectivity index (χ3v) is 0.935. The maximum absolute atomic E-state index is 10.1. The average molecular weight is 133 g/mol. The van der Waals surface area contributed by atoms with E-state index in [1.807, 2.05) is 0 Å². The molecular formula is C3H7N3OS. The number of nitrogens with zero attached hydrogens (tertiary/aromatic N) is 1. The topological polar surface area (TPSA) is 72.3 Å². The van der Waals surface area contributed by atoms with E-state index < -0.39 is 6.03 Å². The number of nitrogens with two attached hydrogens (primary N) is 2. The minimum absolute atomic E-state index is 0.0162. The molecule has 0 aromatic carbocycles. The van der Waals surface area contributed by atoms with Crippen molar-refractivity contribution in [1.82, 2.24) is 4.90 Å². The summed E-state index contributed by atoms with van der Waals surface area (Å²) >= 11 is 4.40. The molecule has 4 nitrogen and oxygen atoms in total. The lowest BCUT2D eigenvalue weighted by Crippen LogP contribution is -2.40. The highest BCUT2D eigenvalue weighted by Crippen LogP contribution is 1.77. The largest absolute Gasteiger partial charge is 0.376 e. The Bertz CT molecular complexity index is 110. The van der Waals surface area contributed by atoms with Crippen LogP contribution in [0.4, 0.5) is 4.79 Å². The molecule has 0 saturated carbocycles. The van der Waals surface area contributed by atoms with E-state index in [0.717, 1.165) is 4.90 Å². The summed E-state index contributed by atoms with van der Waals surface area (Å²) in [4.78, 5) is 11.1. The standard InChI is InChI=1S/C3H7N3OS/c1-6(2(4)7)3(5)8/h1H3,(H2,4,7)(H2,5,8). The van der Waals surface area contributed by atoms with Crippen molar-refractivity contribution in [3.05, 3.63) is 0 Å². The highest BCUT2D eigenvalue weighted by molar-refractivity contribution is 7.80. The number of carbonyl (C=O) groups excluding carboxylic acids is 1. The molecule has 2 amide bonds. The van der Waals surface area contributed by atoms with Gasteiger partial charge in [-0.3, -0.25) is 4.90 Å². The summed E-state index contributed by atoms with van der Waals surface area (Å²) in [6, 6.07) is -0.641. The van der Waals surface area contributed by atoms with Gasteiger partial charge in [0.15, 0.2) is 5.11 Å². The predicted octanol–water partition coefficient (Wildman–Crippen LogP) is -0.759. The van der Waals surface area contributed by atoms with Crippen LogP contribution in [-0.2, 0) is 0 Å². The van der Waals surface area contributed by atoms with Crippen LogP contribution in [0.2, 0.25) is 0 Å². The van der Waals surface area contributed by atoms with Crippen LogP contribution in [-0.4, -0.2) is 23.1 Å². The van der Waals surface area contributed by atoms with Gasteiger partial charge < -0.3 is 11.5 Å². The van der Waals surface area contributed by atoms with Gasteiger partial charge in [0.1, 0.15) is 0 Å². The Morgan fingerprint density at radius 1 is 1.62 bits per heavy atom. The Hall–Kier alpha value is -0.840. The highest BCUT2D eigenvalue weighted by atomic mass is 32.1. The van der Waals surface area contributed by atoms with Crippen molar-refractivity contribution in [1.29, 1.82) is 0 Å². The van der Waals surface area contributed by atoms with Gasteiger partial charge in [-0.15, -0.1) is 0 Å². The number of urea groups is 1. The van der Waals surface area contributed by atoms with E-state index in [4.69, 9.17) is 11.5 Å². The summed E-state index contributed by atoms with van der Waals surface area (Å²) in [7, 11) is 1.41. The first kappa shape index (κ1) is 7.16. The first-order chi connectivity index (χ1) is 3.55. The van der Waals surface area contributed by atoms with Gasteiger partial charge in [0, 0.05) is 7.05 Å². The molecule has 0 bridgehead atoms. The predicted molar refractivity (Wildman–Crippen MR) is 34.1 cm³/mol. The molecule has 0 atom stereocenters. The molecule has 0 heterocycles. The first-order valence-corrected chi connectivity index (χ1v) is 2.29. The van der Waals surface area contributed by atoms with Crippen LogP contribution in [0, 0.1) is 0 Å². The van der Waals surface area contributed by atoms with Crippen molar-refractivity contribution in [2.24, 2.45) is 11.5 Å². The molecule has 0 aromatic rings. The van der Waals surface area contributed by atoms with E-state index >= 15 is 0 Å². The number of carbonyl (C=O) groups is 1. The van der Waals surface area contributed by atoms with Crippen LogP contribution in [0.15, 0.2) is 0 Å². The second-order valence-electron chi connectivity index (χ2n) is 1.24. The molecule has 0 aliphatic rings. The van der Waals surface area contributed by atoms with Gasteiger partial charge in [0.05, 0.1) is 0 Å². The number of amides is 2. The van der Waals surface area contributed by atoms with E-state index in [-0.39, 0.29) is 5.11 Å². The van der Waals surface area contributed by atoms with Gasteiger partial charge in [-0.25, -0.2) is 4.79 Å². The van der Waals surface area contributed by atoms with Crippen molar-refractivity contribution in [2.75, 3.05) is 7.05 Å². The summed E-state index contributed by atoms with van der Waals surface area (Å²) < 4.78 is 0. The van der Waals surface area contributed by atoms with Crippen LogP contribution in [0.5, 0.6) is 0 Å². The smallest absolute Gasteiger partial charge is 0.320 e. The van der Waals surface area contributed by atoms with E-state index in [9.17, 15) is 4.79 Å². The van der Waals surface area contributed by atoms with Crippen LogP contribution < -0.4 is 11.5 Å². The van der Waals surface area contributed by atoms with Crippen molar-refractivity contribution in [2.45, 2.75) is 0 Å². The molecule has 0 rings (SSSR count). The number of hydrogen-bond acceptors (Lipinski definition) is 2. The zero-order chi connectivity index (χ0) is 6.73. The second kappa shape index (κ2) is 2.46. The molecular weight excluding hydrogens is 126 g/mol. The maximum Gasteiger partial charge on any atom is 0.320 e. The van der Waals surface area contributed by atoms with Crippen molar-refractivity contribution in [3.8, 4) is 0 Å². The SMILES string of the molecule is CN(C(N)=O)C(N)=S. The van der Waals surface area contributed by atoms with Crippen LogP contribution >= 0.6 is 12.2 Å². The number of hydrogen-bond donors (Lipinski definition) is 2. The monoisotopic (exact) mass is 133 g/mol. The van der Waals surface area contributed by atoms with Crippen LogP contribution in [0.25, 0.3) is 0 Å². The molecule has 5 heteroatoms. The Morgan fingerprint density at radius 2 is 2.00 bits per heavy atom. The summed E-state index contributed by atoms with van der Waals surface area (Å²) in [5, 5.41) is -0.0162. The summed E-state index contributed by atoms with van der Waals surface area (Å²) in [5.74, 6) is 0. The number of rotatable bonds is 0. The summed E-state index contributed by atoms with van der Waals surface area (Å²) in [6.07, 6.45) is 0. The molecule has 0 saturated heterocycles. The Morgan fingerprint density at radius 3 is 2.00 bits per heavy atom. The highest BCUT2D eigenvalue weighted by Gasteiger charge is 2.02.